The number of aliphatic carboxylic acids is 3. The highest BCUT2D eigenvalue weighted by atomic mass is 16.6. The van der Waals surface area contributed by atoms with Crippen molar-refractivity contribution in [1.29, 1.82) is 0 Å². The van der Waals surface area contributed by atoms with Crippen molar-refractivity contribution in [1.82, 2.24) is 0 Å². The summed E-state index contributed by atoms with van der Waals surface area (Å²) in [6.07, 6.45) is -6.83. The average molecular weight is 306 g/mol. The van der Waals surface area contributed by atoms with Gasteiger partial charge in [-0.05, 0) is 0 Å². The van der Waals surface area contributed by atoms with Crippen LogP contribution in [0.1, 0.15) is 12.8 Å². The Morgan fingerprint density at radius 1 is 0.905 bits per heavy atom. The molecule has 0 radical (unpaired) electrons. The molecule has 4 N–H and O–H groups in total. The van der Waals surface area contributed by atoms with Gasteiger partial charge in [0.2, 0.25) is 11.9 Å². The number of rotatable bonds is 9. The molecule has 11 heteroatoms. The van der Waals surface area contributed by atoms with Crippen LogP contribution in [0.15, 0.2) is 0 Å². The van der Waals surface area contributed by atoms with Crippen LogP contribution >= 0.6 is 0 Å². The maximum atomic E-state index is 11.2. The molecule has 0 spiro atoms. The molecule has 0 rings (SSSR count). The van der Waals surface area contributed by atoms with Gasteiger partial charge in [-0.3, -0.25) is 14.4 Å². The molecule has 0 fully saturated rings. The standard InChI is InChI=1S/C10H10O11/c11-3(2-6(13)14)7(15)10(20)21-5(9(18)19)1-4(12)8(16)17/h3,5,11H,1-2H2,(H,13,14)(H,16,17)(H,18,19)/t3-,5?/m1/s1. The summed E-state index contributed by atoms with van der Waals surface area (Å²) < 4.78 is 4.07. The molecule has 1 unspecified atom stereocenters. The van der Waals surface area contributed by atoms with E-state index in [2.05, 4.69) is 4.74 Å². The van der Waals surface area contributed by atoms with Gasteiger partial charge in [0.1, 0.15) is 6.10 Å². The Labute approximate surface area is 115 Å². The average Bonchev–Trinajstić information content (AvgIpc) is 2.35. The number of ether oxygens (including phenoxy) is 1. The summed E-state index contributed by atoms with van der Waals surface area (Å²) in [4.78, 5) is 64.3. The molecule has 0 heterocycles. The number of Topliss-reactive ketones (excluding diaryl/α,β-unsaturated/α-hetero) is 2. The van der Waals surface area contributed by atoms with Gasteiger partial charge < -0.3 is 25.2 Å². The van der Waals surface area contributed by atoms with E-state index in [9.17, 15) is 28.8 Å². The number of aliphatic hydroxyl groups excluding tert-OH is 1. The van der Waals surface area contributed by atoms with Crippen molar-refractivity contribution >= 4 is 35.4 Å². The summed E-state index contributed by atoms with van der Waals surface area (Å²) in [6.45, 7) is 0. The Kier molecular flexibility index (Phi) is 6.66. The highest BCUT2D eigenvalue weighted by Gasteiger charge is 2.33. The van der Waals surface area contributed by atoms with Crippen molar-refractivity contribution in [3.05, 3.63) is 0 Å². The lowest BCUT2D eigenvalue weighted by atomic mass is 10.1. The van der Waals surface area contributed by atoms with Crippen LogP contribution in [0, 0.1) is 0 Å². The number of carboxylic acids is 3. The van der Waals surface area contributed by atoms with Crippen molar-refractivity contribution < 1.29 is 53.9 Å². The Hall–Kier alpha value is -2.82. The van der Waals surface area contributed by atoms with E-state index in [0.717, 1.165) is 0 Å². The molecular formula is C10H10O11. The van der Waals surface area contributed by atoms with E-state index in [1.54, 1.807) is 0 Å². The summed E-state index contributed by atoms with van der Waals surface area (Å²) in [5.74, 6) is -10.7. The lowest BCUT2D eigenvalue weighted by Crippen LogP contribution is -2.38. The first-order chi connectivity index (χ1) is 9.56. The highest BCUT2D eigenvalue weighted by Crippen LogP contribution is 2.04. The zero-order chi connectivity index (χ0) is 16.7. The van der Waals surface area contributed by atoms with E-state index in [1.165, 1.54) is 0 Å². The molecule has 21 heavy (non-hydrogen) atoms. The van der Waals surface area contributed by atoms with Crippen molar-refractivity contribution in [3.63, 3.8) is 0 Å². The highest BCUT2D eigenvalue weighted by molar-refractivity contribution is 6.36. The number of carboxylic acid groups (broad SMARTS) is 3. The number of carbonyl (C=O) groups is 6. The number of aliphatic hydroxyl groups is 1. The van der Waals surface area contributed by atoms with Gasteiger partial charge in [-0.15, -0.1) is 0 Å². The third-order valence-corrected chi connectivity index (χ3v) is 2.01. The molecule has 2 atom stereocenters. The van der Waals surface area contributed by atoms with E-state index < -0.39 is 60.5 Å². The van der Waals surface area contributed by atoms with Gasteiger partial charge in [0.05, 0.1) is 12.8 Å². The largest absolute Gasteiger partial charge is 0.481 e. The number of hydrogen-bond acceptors (Lipinski definition) is 8. The fourth-order valence-corrected chi connectivity index (χ4v) is 1.02. The van der Waals surface area contributed by atoms with Crippen LogP contribution in [0.25, 0.3) is 0 Å². The fraction of sp³-hybridized carbons (Fsp3) is 0.400. The molecule has 0 amide bonds. The van der Waals surface area contributed by atoms with Gasteiger partial charge in [0.25, 0.3) is 5.78 Å². The van der Waals surface area contributed by atoms with E-state index in [0.29, 0.717) is 0 Å². The first-order valence-electron chi connectivity index (χ1n) is 5.19. The maximum Gasteiger partial charge on any atom is 0.378 e. The first kappa shape index (κ1) is 18.2. The molecule has 0 bridgehead atoms. The molecule has 0 saturated heterocycles. The van der Waals surface area contributed by atoms with Crippen molar-refractivity contribution in [2.45, 2.75) is 25.0 Å². The van der Waals surface area contributed by atoms with Crippen LogP contribution < -0.4 is 0 Å². The van der Waals surface area contributed by atoms with Crippen LogP contribution in [-0.4, -0.2) is 68.1 Å². The lowest BCUT2D eigenvalue weighted by molar-refractivity contribution is -0.171. The normalized spacial score (nSPS) is 12.8. The van der Waals surface area contributed by atoms with Crippen LogP contribution in [0.4, 0.5) is 0 Å². The zero-order valence-electron chi connectivity index (χ0n) is 10.2. The molecule has 0 aromatic carbocycles. The molecule has 0 aromatic heterocycles. The lowest BCUT2D eigenvalue weighted by Gasteiger charge is -2.12. The number of esters is 1. The van der Waals surface area contributed by atoms with Crippen LogP contribution in [0.5, 0.6) is 0 Å². The van der Waals surface area contributed by atoms with Gasteiger partial charge in [-0.25, -0.2) is 14.4 Å². The number of carbonyl (C=O) groups excluding carboxylic acids is 3. The van der Waals surface area contributed by atoms with Gasteiger partial charge in [0, 0.05) is 0 Å². The van der Waals surface area contributed by atoms with Gasteiger partial charge in [0.15, 0.2) is 0 Å². The summed E-state index contributed by atoms with van der Waals surface area (Å²) in [6, 6.07) is 0. The van der Waals surface area contributed by atoms with Gasteiger partial charge in [-0.1, -0.05) is 0 Å². The SMILES string of the molecule is O=C(O)C[C@@H](O)C(=O)C(=O)OC(CC(=O)C(=O)O)C(=O)O. The van der Waals surface area contributed by atoms with Gasteiger partial charge >= 0.3 is 23.9 Å². The first-order valence-corrected chi connectivity index (χ1v) is 5.19. The van der Waals surface area contributed by atoms with Crippen LogP contribution in [0.2, 0.25) is 0 Å². The summed E-state index contributed by atoms with van der Waals surface area (Å²) in [5, 5.41) is 34.3. The second-order valence-corrected chi connectivity index (χ2v) is 3.64. The maximum absolute atomic E-state index is 11.2. The third-order valence-electron chi connectivity index (χ3n) is 2.01. The second-order valence-electron chi connectivity index (χ2n) is 3.64. The third kappa shape index (κ3) is 6.24. The molecule has 0 aliphatic heterocycles. The Balaban J connectivity index is 4.79. The van der Waals surface area contributed by atoms with E-state index in [-0.39, 0.29) is 0 Å². The zero-order valence-corrected chi connectivity index (χ0v) is 10.2. The predicted octanol–water partition coefficient (Wildman–Crippen LogP) is -2.57. The smallest absolute Gasteiger partial charge is 0.378 e. The quantitative estimate of drug-likeness (QED) is 0.258. The molecular weight excluding hydrogens is 296 g/mol. The second kappa shape index (κ2) is 7.69. The molecule has 116 valence electrons. The van der Waals surface area contributed by atoms with Gasteiger partial charge in [-0.2, -0.15) is 0 Å². The van der Waals surface area contributed by atoms with Crippen molar-refractivity contribution in [2.24, 2.45) is 0 Å². The Bertz CT molecular complexity index is 491. The number of ketones is 2. The molecule has 0 aromatic rings. The van der Waals surface area contributed by atoms with E-state index >= 15 is 0 Å². The van der Waals surface area contributed by atoms with E-state index in [1.807, 2.05) is 0 Å². The van der Waals surface area contributed by atoms with Crippen molar-refractivity contribution in [3.8, 4) is 0 Å². The minimum atomic E-state index is -2.25. The predicted molar refractivity (Wildman–Crippen MR) is 58.0 cm³/mol. The minimum absolute atomic E-state index is 1.11. The Morgan fingerprint density at radius 2 is 1.43 bits per heavy atom. The fourth-order valence-electron chi connectivity index (χ4n) is 1.02. The van der Waals surface area contributed by atoms with Crippen LogP contribution in [0.3, 0.4) is 0 Å². The van der Waals surface area contributed by atoms with E-state index in [4.69, 9.17) is 20.4 Å². The monoisotopic (exact) mass is 306 g/mol. The summed E-state index contributed by atoms with van der Waals surface area (Å²) >= 11 is 0. The minimum Gasteiger partial charge on any atom is -0.481 e. The molecule has 11 nitrogen and oxygen atoms in total. The molecule has 0 aliphatic carbocycles. The summed E-state index contributed by atoms with van der Waals surface area (Å²) in [5.41, 5.74) is 0. The number of hydrogen-bond donors (Lipinski definition) is 4. The van der Waals surface area contributed by atoms with Crippen molar-refractivity contribution in [2.75, 3.05) is 0 Å². The Morgan fingerprint density at radius 3 is 1.81 bits per heavy atom. The molecule has 0 saturated carbocycles. The summed E-state index contributed by atoms with van der Waals surface area (Å²) in [7, 11) is 0. The molecule has 0 aliphatic rings. The topological polar surface area (TPSA) is 193 Å². The van der Waals surface area contributed by atoms with Crippen LogP contribution in [-0.2, 0) is 33.5 Å².